The first-order chi connectivity index (χ1) is 7.82. The number of carbonyl (C=O) groups excluding carboxylic acids is 4. The van der Waals surface area contributed by atoms with Gasteiger partial charge in [0, 0.05) is 13.3 Å². The zero-order valence-electron chi connectivity index (χ0n) is 10.3. The van der Waals surface area contributed by atoms with Gasteiger partial charge in [0.25, 0.3) is 0 Å². The number of rotatable bonds is 7. The smallest absolute Gasteiger partial charge is 0.242 e. The van der Waals surface area contributed by atoms with Crippen molar-refractivity contribution in [1.29, 1.82) is 0 Å². The van der Waals surface area contributed by atoms with Crippen molar-refractivity contribution in [3.8, 4) is 0 Å². The number of amides is 2. The normalized spacial score (nSPS) is 11.5. The van der Waals surface area contributed by atoms with E-state index < -0.39 is 11.9 Å². The van der Waals surface area contributed by atoms with Gasteiger partial charge in [0.15, 0.2) is 0 Å². The molecule has 1 unspecified atom stereocenters. The molecule has 0 saturated heterocycles. The molecule has 6 heteroatoms. The molecule has 0 aliphatic rings. The highest BCUT2D eigenvalue weighted by molar-refractivity contribution is 5.90. The lowest BCUT2D eigenvalue weighted by atomic mass is 10.1. The standard InChI is InChI=1S/C11H18N2O4/c1-7(14)4-5-10(13-9(3)16)11(17)12-6-8(2)15/h10H,4-6H2,1-3H3,(H,12,17)(H,13,16). The highest BCUT2D eigenvalue weighted by Crippen LogP contribution is 1.99. The summed E-state index contributed by atoms with van der Waals surface area (Å²) in [4.78, 5) is 44.0. The monoisotopic (exact) mass is 242 g/mol. The van der Waals surface area contributed by atoms with Crippen molar-refractivity contribution in [1.82, 2.24) is 10.6 Å². The van der Waals surface area contributed by atoms with Crippen molar-refractivity contribution in [2.24, 2.45) is 0 Å². The molecule has 0 aliphatic heterocycles. The molecule has 0 aromatic rings. The lowest BCUT2D eigenvalue weighted by Crippen LogP contribution is -2.47. The van der Waals surface area contributed by atoms with Gasteiger partial charge in [-0.1, -0.05) is 0 Å². The Bertz CT molecular complexity index is 325. The van der Waals surface area contributed by atoms with Crippen molar-refractivity contribution < 1.29 is 19.2 Å². The quantitative estimate of drug-likeness (QED) is 0.633. The first-order valence-electron chi connectivity index (χ1n) is 5.36. The number of nitrogens with one attached hydrogen (secondary N) is 2. The second-order valence-corrected chi connectivity index (χ2v) is 3.91. The summed E-state index contributed by atoms with van der Waals surface area (Å²) in [5.74, 6) is -1.03. The van der Waals surface area contributed by atoms with Gasteiger partial charge in [-0.3, -0.25) is 14.4 Å². The van der Waals surface area contributed by atoms with Crippen LogP contribution in [0, 0.1) is 0 Å². The van der Waals surface area contributed by atoms with E-state index in [1.165, 1.54) is 20.8 Å². The van der Waals surface area contributed by atoms with Crippen LogP contribution in [0.4, 0.5) is 0 Å². The number of Topliss-reactive ketones (excluding diaryl/α,β-unsaturated/α-hetero) is 2. The fraction of sp³-hybridized carbons (Fsp3) is 0.636. The van der Waals surface area contributed by atoms with Gasteiger partial charge in [-0.15, -0.1) is 0 Å². The van der Waals surface area contributed by atoms with Gasteiger partial charge in [0.2, 0.25) is 11.8 Å². The maximum absolute atomic E-state index is 11.6. The maximum atomic E-state index is 11.6. The van der Waals surface area contributed by atoms with E-state index >= 15 is 0 Å². The van der Waals surface area contributed by atoms with Crippen LogP contribution in [0.15, 0.2) is 0 Å². The Kier molecular flexibility index (Phi) is 6.77. The largest absolute Gasteiger partial charge is 0.347 e. The summed E-state index contributed by atoms with van der Waals surface area (Å²) in [5.41, 5.74) is 0. The molecule has 6 nitrogen and oxygen atoms in total. The number of ketones is 2. The molecular formula is C11H18N2O4. The van der Waals surface area contributed by atoms with Gasteiger partial charge in [0.05, 0.1) is 6.54 Å². The van der Waals surface area contributed by atoms with Gasteiger partial charge in [0.1, 0.15) is 17.6 Å². The summed E-state index contributed by atoms with van der Waals surface area (Å²) in [6.45, 7) is 3.98. The van der Waals surface area contributed by atoms with E-state index in [-0.39, 0.29) is 36.9 Å². The second-order valence-electron chi connectivity index (χ2n) is 3.91. The van der Waals surface area contributed by atoms with Crippen LogP contribution in [0.1, 0.15) is 33.6 Å². The lowest BCUT2D eigenvalue weighted by molar-refractivity contribution is -0.129. The third-order valence-electron chi connectivity index (χ3n) is 1.99. The highest BCUT2D eigenvalue weighted by atomic mass is 16.2. The van der Waals surface area contributed by atoms with E-state index in [0.29, 0.717) is 0 Å². The number of carbonyl (C=O) groups is 4. The molecule has 0 bridgehead atoms. The molecule has 0 fully saturated rings. The van der Waals surface area contributed by atoms with Crippen LogP contribution >= 0.6 is 0 Å². The van der Waals surface area contributed by atoms with Crippen LogP contribution in [0.3, 0.4) is 0 Å². The molecule has 0 aliphatic carbocycles. The topological polar surface area (TPSA) is 92.3 Å². The van der Waals surface area contributed by atoms with Gasteiger partial charge >= 0.3 is 0 Å². The predicted molar refractivity (Wildman–Crippen MR) is 61.2 cm³/mol. The number of hydrogen-bond acceptors (Lipinski definition) is 4. The summed E-state index contributed by atoms with van der Waals surface area (Å²) in [7, 11) is 0. The van der Waals surface area contributed by atoms with Crippen LogP contribution in [0.2, 0.25) is 0 Å². The van der Waals surface area contributed by atoms with E-state index in [0.717, 1.165) is 0 Å². The molecule has 2 N–H and O–H groups in total. The minimum atomic E-state index is -0.768. The Morgan fingerprint density at radius 3 is 2.00 bits per heavy atom. The molecule has 0 rings (SSSR count). The third-order valence-corrected chi connectivity index (χ3v) is 1.99. The maximum Gasteiger partial charge on any atom is 0.242 e. The van der Waals surface area contributed by atoms with Gasteiger partial charge in [-0.25, -0.2) is 0 Å². The Labute approximate surface area is 100 Å². The van der Waals surface area contributed by atoms with E-state index in [1.807, 2.05) is 0 Å². The van der Waals surface area contributed by atoms with Crippen LogP contribution < -0.4 is 10.6 Å². The average molecular weight is 242 g/mol. The Hall–Kier alpha value is -1.72. The molecule has 0 heterocycles. The van der Waals surface area contributed by atoms with Crippen molar-refractivity contribution in [2.45, 2.75) is 39.7 Å². The van der Waals surface area contributed by atoms with Crippen molar-refractivity contribution in [3.63, 3.8) is 0 Å². The first-order valence-corrected chi connectivity index (χ1v) is 5.36. The van der Waals surface area contributed by atoms with Gasteiger partial charge in [-0.2, -0.15) is 0 Å². The molecule has 0 aromatic heterocycles. The summed E-state index contributed by atoms with van der Waals surface area (Å²) >= 11 is 0. The predicted octanol–water partition coefficient (Wildman–Crippen LogP) is -0.434. The SMILES string of the molecule is CC(=O)CCC(NC(C)=O)C(=O)NCC(C)=O. The zero-order valence-corrected chi connectivity index (χ0v) is 10.3. The van der Waals surface area contributed by atoms with Gasteiger partial charge < -0.3 is 15.4 Å². The minimum Gasteiger partial charge on any atom is -0.347 e. The van der Waals surface area contributed by atoms with Crippen molar-refractivity contribution >= 4 is 23.4 Å². The summed E-state index contributed by atoms with van der Waals surface area (Å²) in [5, 5.41) is 4.84. The van der Waals surface area contributed by atoms with E-state index in [9.17, 15) is 19.2 Å². The first kappa shape index (κ1) is 15.3. The minimum absolute atomic E-state index is 0.0558. The second kappa shape index (κ2) is 7.54. The summed E-state index contributed by atoms with van der Waals surface area (Å²) < 4.78 is 0. The molecule has 2 amide bonds. The van der Waals surface area contributed by atoms with Gasteiger partial charge in [-0.05, 0) is 20.3 Å². The summed E-state index contributed by atoms with van der Waals surface area (Å²) in [6, 6.07) is -0.768. The fourth-order valence-corrected chi connectivity index (χ4v) is 1.20. The Morgan fingerprint density at radius 1 is 1.00 bits per heavy atom. The lowest BCUT2D eigenvalue weighted by Gasteiger charge is -2.16. The van der Waals surface area contributed by atoms with E-state index in [4.69, 9.17) is 0 Å². The van der Waals surface area contributed by atoms with Crippen LogP contribution in [0.25, 0.3) is 0 Å². The van der Waals surface area contributed by atoms with E-state index in [1.54, 1.807) is 0 Å². The molecule has 0 spiro atoms. The van der Waals surface area contributed by atoms with Crippen molar-refractivity contribution in [3.05, 3.63) is 0 Å². The van der Waals surface area contributed by atoms with Crippen molar-refractivity contribution in [2.75, 3.05) is 6.54 Å². The molecule has 0 radical (unpaired) electrons. The summed E-state index contributed by atoms with van der Waals surface area (Å²) in [6.07, 6.45) is 0.442. The number of hydrogen-bond donors (Lipinski definition) is 2. The molecular weight excluding hydrogens is 224 g/mol. The molecule has 0 aromatic carbocycles. The fourth-order valence-electron chi connectivity index (χ4n) is 1.20. The van der Waals surface area contributed by atoms with Crippen LogP contribution in [-0.4, -0.2) is 36.0 Å². The molecule has 96 valence electrons. The molecule has 1 atom stereocenters. The highest BCUT2D eigenvalue weighted by Gasteiger charge is 2.19. The zero-order chi connectivity index (χ0) is 13.4. The molecule has 0 saturated carbocycles. The third kappa shape index (κ3) is 8.12. The Morgan fingerprint density at radius 2 is 1.59 bits per heavy atom. The molecule has 17 heavy (non-hydrogen) atoms. The van der Waals surface area contributed by atoms with Crippen LogP contribution in [0.5, 0.6) is 0 Å². The van der Waals surface area contributed by atoms with E-state index in [2.05, 4.69) is 10.6 Å². The Balaban J connectivity index is 4.33. The average Bonchev–Trinajstić information content (AvgIpc) is 2.19. The van der Waals surface area contributed by atoms with Crippen LogP contribution in [-0.2, 0) is 19.2 Å².